The van der Waals surface area contributed by atoms with E-state index >= 15 is 0 Å². The molecular formula is C42H66O14. The number of aliphatic hydroxyl groups is 6. The number of allylic oxidation sites excluding steroid dienone is 1. The van der Waals surface area contributed by atoms with Crippen LogP contribution in [0.15, 0.2) is 11.6 Å². The van der Waals surface area contributed by atoms with Crippen molar-refractivity contribution in [2.45, 2.75) is 174 Å². The first kappa shape index (κ1) is 42.4. The average Bonchev–Trinajstić information content (AvgIpc) is 3.14. The lowest BCUT2D eigenvalue weighted by Crippen LogP contribution is -2.68. The van der Waals surface area contributed by atoms with Gasteiger partial charge in [-0.2, -0.15) is 0 Å². The number of hydrogen-bond donors (Lipinski definition) is 8. The summed E-state index contributed by atoms with van der Waals surface area (Å²) in [7, 11) is 0. The molecule has 0 aromatic rings. The standard InChI is InChI=1S/C42H66O14/c1-19-10-15-41(36(49)50)16-17-42(37(51)52)22(27(41)20(19)2)8-9-25-39(6)13-12-26(38(4,5)24(39)11-14-40(25,42)7)55-35-32(48)33(28(44)21(3)53-35)56-34-31(47)30(46)29(45)23(18-43)54-34/h8,19-21,23-35,43-48H,9-18H2,1-7H3,(H,49,50)(H,51,52)/t19-,20+,21-,23+,24+,25+,26-,27+,28+,29+,30-,31-,32+,33-,34-,35-,39+,40-,41+,42-/m1/s1. The summed E-state index contributed by atoms with van der Waals surface area (Å²) in [6.45, 7) is 14.0. The smallest absolute Gasteiger partial charge is 0.314 e. The molecule has 2 saturated heterocycles. The number of carbonyl (C=O) groups is 2. The lowest BCUT2D eigenvalue weighted by Gasteiger charge is -2.70. The van der Waals surface area contributed by atoms with Crippen LogP contribution in [-0.4, -0.2) is 127 Å². The minimum absolute atomic E-state index is 0.0190. The summed E-state index contributed by atoms with van der Waals surface area (Å²) < 4.78 is 24.1. The van der Waals surface area contributed by atoms with Crippen LogP contribution in [0.3, 0.4) is 0 Å². The fourth-order valence-corrected chi connectivity index (χ4v) is 14.0. The molecule has 7 aliphatic rings. The van der Waals surface area contributed by atoms with Crippen LogP contribution >= 0.6 is 0 Å². The van der Waals surface area contributed by atoms with E-state index in [2.05, 4.69) is 47.6 Å². The van der Waals surface area contributed by atoms with Gasteiger partial charge in [-0.25, -0.2) is 0 Å². The Bertz CT molecular complexity index is 1550. The molecule has 4 saturated carbocycles. The van der Waals surface area contributed by atoms with Crippen LogP contribution < -0.4 is 0 Å². The number of fused-ring (bicyclic) bond motifs is 7. The highest BCUT2D eigenvalue weighted by Gasteiger charge is 2.73. The Hall–Kier alpha value is -1.72. The first-order chi connectivity index (χ1) is 26.1. The van der Waals surface area contributed by atoms with Gasteiger partial charge in [0.1, 0.15) is 42.7 Å². The predicted octanol–water partition coefficient (Wildman–Crippen LogP) is 2.83. The monoisotopic (exact) mass is 794 g/mol. The van der Waals surface area contributed by atoms with Crippen molar-refractivity contribution in [2.75, 3.05) is 6.61 Å². The van der Waals surface area contributed by atoms with Crippen LogP contribution in [0.4, 0.5) is 0 Å². The number of carboxylic acid groups (broad SMARTS) is 2. The molecule has 0 amide bonds. The van der Waals surface area contributed by atoms with E-state index in [0.717, 1.165) is 24.8 Å². The molecule has 318 valence electrons. The SMILES string of the molecule is C[C@H]1[C@H](C)CC[C@]2(C(=O)O)CC[C@]3(C(=O)O)C(=CC[C@H]4[C@@]5(C)CC[C@@H](O[C@H]6O[C@H](C)[C@H](O)[C@@H](O[C@H]7O[C@@H](CO)[C@H](O)[C@@H](O)[C@H]7O)[C@@H]6O)C(C)(C)[C@@H]5CC[C@]43C)[C@H]12. The zero-order chi connectivity index (χ0) is 41.1. The molecule has 56 heavy (non-hydrogen) atoms. The maximum Gasteiger partial charge on any atom is 0.314 e. The second kappa shape index (κ2) is 14.5. The highest BCUT2D eigenvalue weighted by molar-refractivity contribution is 5.84. The largest absolute Gasteiger partial charge is 0.481 e. The third kappa shape index (κ3) is 5.85. The summed E-state index contributed by atoms with van der Waals surface area (Å²) in [5, 5.41) is 85.6. The highest BCUT2D eigenvalue weighted by atomic mass is 16.7. The van der Waals surface area contributed by atoms with Gasteiger partial charge < -0.3 is 59.8 Å². The molecule has 14 nitrogen and oxygen atoms in total. The van der Waals surface area contributed by atoms with Crippen molar-refractivity contribution in [3.05, 3.63) is 11.6 Å². The van der Waals surface area contributed by atoms with E-state index in [-0.39, 0.29) is 29.1 Å². The average molecular weight is 795 g/mol. The maximum absolute atomic E-state index is 14.0. The van der Waals surface area contributed by atoms with Crippen molar-refractivity contribution in [1.29, 1.82) is 0 Å². The van der Waals surface area contributed by atoms with Crippen molar-refractivity contribution in [2.24, 2.45) is 56.7 Å². The Balaban J connectivity index is 1.14. The molecule has 0 bridgehead atoms. The molecule has 0 radical (unpaired) electrons. The van der Waals surface area contributed by atoms with Crippen LogP contribution in [0.25, 0.3) is 0 Å². The van der Waals surface area contributed by atoms with Crippen molar-refractivity contribution in [3.8, 4) is 0 Å². The Morgan fingerprint density at radius 1 is 0.750 bits per heavy atom. The summed E-state index contributed by atoms with van der Waals surface area (Å²) in [4.78, 5) is 27.1. The van der Waals surface area contributed by atoms with Gasteiger partial charge in [-0.1, -0.05) is 53.2 Å². The molecule has 0 aromatic heterocycles. The molecule has 0 unspecified atom stereocenters. The first-order valence-electron chi connectivity index (χ1n) is 20.9. The molecule has 6 fully saturated rings. The second-order valence-electron chi connectivity index (χ2n) is 20.0. The highest BCUT2D eigenvalue weighted by Crippen LogP contribution is 2.76. The Kier molecular flexibility index (Phi) is 11.0. The van der Waals surface area contributed by atoms with E-state index in [0.29, 0.717) is 44.4 Å². The zero-order valence-corrected chi connectivity index (χ0v) is 33.9. The van der Waals surface area contributed by atoms with Crippen molar-refractivity contribution < 1.29 is 69.4 Å². The molecular weight excluding hydrogens is 728 g/mol. The zero-order valence-electron chi connectivity index (χ0n) is 33.9. The van der Waals surface area contributed by atoms with E-state index in [1.807, 2.05) is 0 Å². The summed E-state index contributed by atoms with van der Waals surface area (Å²) in [5.74, 6) is -1.49. The van der Waals surface area contributed by atoms with E-state index in [1.54, 1.807) is 6.92 Å². The maximum atomic E-state index is 14.0. The molecule has 8 N–H and O–H groups in total. The van der Waals surface area contributed by atoms with Gasteiger partial charge in [0.25, 0.3) is 0 Å². The third-order valence-electron chi connectivity index (χ3n) is 17.4. The van der Waals surface area contributed by atoms with Crippen LogP contribution in [-0.2, 0) is 28.5 Å². The summed E-state index contributed by atoms with van der Waals surface area (Å²) in [6, 6.07) is 0. The lowest BCUT2D eigenvalue weighted by molar-refractivity contribution is -0.366. The van der Waals surface area contributed by atoms with Gasteiger partial charge in [0.15, 0.2) is 12.6 Å². The van der Waals surface area contributed by atoms with Gasteiger partial charge >= 0.3 is 11.9 Å². The van der Waals surface area contributed by atoms with Crippen molar-refractivity contribution >= 4 is 11.9 Å². The third-order valence-corrected chi connectivity index (χ3v) is 17.4. The van der Waals surface area contributed by atoms with Crippen LogP contribution in [0, 0.1) is 56.7 Å². The number of aliphatic carboxylic acids is 2. The molecule has 7 rings (SSSR count). The van der Waals surface area contributed by atoms with E-state index in [9.17, 15) is 50.4 Å². The quantitative estimate of drug-likeness (QED) is 0.137. The lowest BCUT2D eigenvalue weighted by atomic mass is 9.33. The fraction of sp³-hybridized carbons (Fsp3) is 0.905. The summed E-state index contributed by atoms with van der Waals surface area (Å²) in [6.07, 6.45) is -7.03. The minimum Gasteiger partial charge on any atom is -0.481 e. The van der Waals surface area contributed by atoms with E-state index < -0.39 is 108 Å². The van der Waals surface area contributed by atoms with Gasteiger partial charge in [0.2, 0.25) is 0 Å². The van der Waals surface area contributed by atoms with Crippen LogP contribution in [0.1, 0.15) is 106 Å². The number of carboxylic acids is 2. The van der Waals surface area contributed by atoms with Gasteiger partial charge in [-0.05, 0) is 111 Å². The molecule has 14 heteroatoms. The molecule has 2 aliphatic heterocycles. The van der Waals surface area contributed by atoms with Crippen molar-refractivity contribution in [1.82, 2.24) is 0 Å². The van der Waals surface area contributed by atoms with Gasteiger partial charge in [-0.15, -0.1) is 0 Å². The fourth-order valence-electron chi connectivity index (χ4n) is 14.0. The van der Waals surface area contributed by atoms with E-state index in [4.69, 9.17) is 18.9 Å². The van der Waals surface area contributed by atoms with E-state index in [1.165, 1.54) is 0 Å². The predicted molar refractivity (Wildman–Crippen MR) is 198 cm³/mol. The molecule has 0 aromatic carbocycles. The second-order valence-corrected chi connectivity index (χ2v) is 20.0. The van der Waals surface area contributed by atoms with Gasteiger partial charge in [0, 0.05) is 0 Å². The number of rotatable bonds is 7. The molecule has 5 aliphatic carbocycles. The number of aliphatic hydroxyl groups excluding tert-OH is 6. The summed E-state index contributed by atoms with van der Waals surface area (Å²) in [5.41, 5.74) is -2.61. The Morgan fingerprint density at radius 3 is 2.07 bits per heavy atom. The minimum atomic E-state index is -1.73. The molecule has 2 heterocycles. The van der Waals surface area contributed by atoms with Gasteiger partial charge in [0.05, 0.1) is 29.6 Å². The van der Waals surface area contributed by atoms with Crippen molar-refractivity contribution in [3.63, 3.8) is 0 Å². The topological polar surface area (TPSA) is 233 Å². The van der Waals surface area contributed by atoms with Crippen LogP contribution in [0.5, 0.6) is 0 Å². The van der Waals surface area contributed by atoms with Crippen LogP contribution in [0.2, 0.25) is 0 Å². The normalized spacial score (nSPS) is 54.1. The molecule has 20 atom stereocenters. The van der Waals surface area contributed by atoms with Gasteiger partial charge in [-0.3, -0.25) is 9.59 Å². The summed E-state index contributed by atoms with van der Waals surface area (Å²) >= 11 is 0. The number of ether oxygens (including phenoxy) is 4. The first-order valence-corrected chi connectivity index (χ1v) is 20.9. The Labute approximate surface area is 329 Å². The Morgan fingerprint density at radius 2 is 1.43 bits per heavy atom. The molecule has 0 spiro atoms. The number of hydrogen-bond acceptors (Lipinski definition) is 12.